The highest BCUT2D eigenvalue weighted by Gasteiger charge is 2.43. The number of nitrogens with one attached hydrogen (secondary N) is 2. The van der Waals surface area contributed by atoms with Crippen LogP contribution in [0.3, 0.4) is 0 Å². The molecule has 0 aromatic carbocycles. The van der Waals surface area contributed by atoms with Gasteiger partial charge in [0.2, 0.25) is 23.6 Å². The number of hydrogen-bond donors (Lipinski definition) is 2. The molecule has 2 aliphatic heterocycles. The lowest BCUT2D eigenvalue weighted by molar-refractivity contribution is -0.136. The summed E-state index contributed by atoms with van der Waals surface area (Å²) >= 11 is 0. The summed E-state index contributed by atoms with van der Waals surface area (Å²) in [6, 6.07) is 3.15. The van der Waals surface area contributed by atoms with Gasteiger partial charge in [0.1, 0.15) is 6.04 Å². The first kappa shape index (κ1) is 20.6. The summed E-state index contributed by atoms with van der Waals surface area (Å²) in [6.45, 7) is 3.63. The maximum atomic E-state index is 13.3. The van der Waals surface area contributed by atoms with Crippen LogP contribution >= 0.6 is 0 Å². The first-order valence-corrected chi connectivity index (χ1v) is 10.5. The number of rotatable bonds is 6. The summed E-state index contributed by atoms with van der Waals surface area (Å²) in [5, 5.41) is 5.91. The van der Waals surface area contributed by atoms with Gasteiger partial charge in [-0.2, -0.15) is 0 Å². The van der Waals surface area contributed by atoms with E-state index in [-0.39, 0.29) is 35.7 Å². The minimum Gasteiger partial charge on any atom is -0.481 e. The molecule has 0 spiro atoms. The number of pyridine rings is 1. The van der Waals surface area contributed by atoms with E-state index in [4.69, 9.17) is 4.74 Å². The number of carbonyl (C=O) groups is 3. The fourth-order valence-corrected chi connectivity index (χ4v) is 4.50. The SMILES string of the molecule is COc1ncccc1CN1C[C@@H]2C[C@H](NC(C)=O)CN2C(=O)[C@@H](NC(=O)C2CC2)C1. The average molecular weight is 415 g/mol. The zero-order valence-corrected chi connectivity index (χ0v) is 17.5. The van der Waals surface area contributed by atoms with Crippen molar-refractivity contribution in [2.24, 2.45) is 5.92 Å². The highest BCUT2D eigenvalue weighted by Crippen LogP contribution is 2.30. The van der Waals surface area contributed by atoms with Gasteiger partial charge < -0.3 is 20.3 Å². The van der Waals surface area contributed by atoms with Crippen molar-refractivity contribution < 1.29 is 19.1 Å². The molecular weight excluding hydrogens is 386 g/mol. The van der Waals surface area contributed by atoms with E-state index in [1.807, 2.05) is 17.0 Å². The van der Waals surface area contributed by atoms with Crippen LogP contribution in [0.25, 0.3) is 0 Å². The Bertz CT molecular complexity index is 827. The average Bonchev–Trinajstić information content (AvgIpc) is 3.50. The number of nitrogens with zero attached hydrogens (tertiary/aromatic N) is 3. The van der Waals surface area contributed by atoms with Crippen LogP contribution in [0, 0.1) is 5.92 Å². The Morgan fingerprint density at radius 2 is 2.03 bits per heavy atom. The van der Waals surface area contributed by atoms with Gasteiger partial charge in [0.15, 0.2) is 0 Å². The van der Waals surface area contributed by atoms with Crippen molar-refractivity contribution in [2.45, 2.75) is 50.9 Å². The predicted molar refractivity (Wildman–Crippen MR) is 108 cm³/mol. The molecule has 1 aliphatic carbocycles. The number of fused-ring (bicyclic) bond motifs is 1. The number of hydrogen-bond acceptors (Lipinski definition) is 6. The van der Waals surface area contributed by atoms with Crippen molar-refractivity contribution in [2.75, 3.05) is 26.7 Å². The zero-order chi connectivity index (χ0) is 21.3. The van der Waals surface area contributed by atoms with Gasteiger partial charge in [0, 0.05) is 62.9 Å². The van der Waals surface area contributed by atoms with Crippen LogP contribution in [0.4, 0.5) is 0 Å². The van der Waals surface area contributed by atoms with Gasteiger partial charge in [-0.25, -0.2) is 4.98 Å². The van der Waals surface area contributed by atoms with E-state index in [1.54, 1.807) is 13.3 Å². The smallest absolute Gasteiger partial charge is 0.246 e. The van der Waals surface area contributed by atoms with Crippen molar-refractivity contribution in [3.05, 3.63) is 23.9 Å². The van der Waals surface area contributed by atoms with E-state index in [0.29, 0.717) is 38.5 Å². The van der Waals surface area contributed by atoms with E-state index < -0.39 is 6.04 Å². The van der Waals surface area contributed by atoms with E-state index >= 15 is 0 Å². The van der Waals surface area contributed by atoms with Crippen LogP contribution in [0.5, 0.6) is 5.88 Å². The molecular formula is C21H29N5O4. The fraction of sp³-hybridized carbons (Fsp3) is 0.619. The van der Waals surface area contributed by atoms with Gasteiger partial charge in [-0.1, -0.05) is 6.07 Å². The van der Waals surface area contributed by atoms with E-state index in [2.05, 4.69) is 20.5 Å². The second-order valence-corrected chi connectivity index (χ2v) is 8.48. The van der Waals surface area contributed by atoms with Crippen molar-refractivity contribution in [1.82, 2.24) is 25.4 Å². The summed E-state index contributed by atoms with van der Waals surface area (Å²) in [6.07, 6.45) is 4.17. The minimum absolute atomic E-state index is 0.0140. The Balaban J connectivity index is 1.54. The minimum atomic E-state index is -0.596. The largest absolute Gasteiger partial charge is 0.481 e. The van der Waals surface area contributed by atoms with Gasteiger partial charge >= 0.3 is 0 Å². The molecule has 162 valence electrons. The first-order chi connectivity index (χ1) is 14.4. The van der Waals surface area contributed by atoms with E-state index in [1.165, 1.54) is 6.92 Å². The van der Waals surface area contributed by atoms with Crippen LogP contribution in [0.1, 0.15) is 31.7 Å². The highest BCUT2D eigenvalue weighted by molar-refractivity contribution is 5.90. The molecule has 3 heterocycles. The third-order valence-corrected chi connectivity index (χ3v) is 6.01. The molecule has 1 saturated carbocycles. The van der Waals surface area contributed by atoms with E-state index in [0.717, 1.165) is 18.4 Å². The van der Waals surface area contributed by atoms with Crippen LogP contribution < -0.4 is 15.4 Å². The third kappa shape index (κ3) is 4.56. The Hall–Kier alpha value is -2.68. The topological polar surface area (TPSA) is 104 Å². The number of ether oxygens (including phenoxy) is 1. The Kier molecular flexibility index (Phi) is 5.90. The Morgan fingerprint density at radius 1 is 1.23 bits per heavy atom. The van der Waals surface area contributed by atoms with Crippen LogP contribution in [-0.4, -0.2) is 77.4 Å². The maximum absolute atomic E-state index is 13.3. The molecule has 2 N–H and O–H groups in total. The second kappa shape index (κ2) is 8.59. The van der Waals surface area contributed by atoms with Crippen molar-refractivity contribution >= 4 is 17.7 Å². The molecule has 1 aromatic heterocycles. The fourth-order valence-electron chi connectivity index (χ4n) is 4.50. The lowest BCUT2D eigenvalue weighted by atomic mass is 10.1. The molecule has 0 radical (unpaired) electrons. The van der Waals surface area contributed by atoms with Crippen LogP contribution in [-0.2, 0) is 20.9 Å². The summed E-state index contributed by atoms with van der Waals surface area (Å²) in [7, 11) is 1.59. The lowest BCUT2D eigenvalue weighted by Gasteiger charge is -2.25. The number of aromatic nitrogens is 1. The molecule has 0 bridgehead atoms. The molecule has 9 heteroatoms. The molecule has 0 unspecified atom stereocenters. The van der Waals surface area contributed by atoms with Gasteiger partial charge in [-0.3, -0.25) is 19.3 Å². The van der Waals surface area contributed by atoms with Crippen molar-refractivity contribution in [3.8, 4) is 5.88 Å². The first-order valence-electron chi connectivity index (χ1n) is 10.5. The monoisotopic (exact) mass is 415 g/mol. The Morgan fingerprint density at radius 3 is 2.73 bits per heavy atom. The van der Waals surface area contributed by atoms with Gasteiger partial charge in [-0.05, 0) is 25.3 Å². The molecule has 2 saturated heterocycles. The molecule has 9 nitrogen and oxygen atoms in total. The number of methoxy groups -OCH3 is 1. The second-order valence-electron chi connectivity index (χ2n) is 8.48. The summed E-state index contributed by atoms with van der Waals surface area (Å²) in [4.78, 5) is 45.5. The molecule has 30 heavy (non-hydrogen) atoms. The summed E-state index contributed by atoms with van der Waals surface area (Å²) < 4.78 is 5.39. The van der Waals surface area contributed by atoms with Crippen molar-refractivity contribution in [1.29, 1.82) is 0 Å². The van der Waals surface area contributed by atoms with Crippen molar-refractivity contribution in [3.63, 3.8) is 0 Å². The van der Waals surface area contributed by atoms with Gasteiger partial charge in [0.05, 0.1) is 7.11 Å². The molecule has 1 aromatic rings. The normalized spacial score (nSPS) is 26.7. The van der Waals surface area contributed by atoms with Crippen LogP contribution in [0.15, 0.2) is 18.3 Å². The van der Waals surface area contributed by atoms with Gasteiger partial charge in [0.25, 0.3) is 0 Å². The lowest BCUT2D eigenvalue weighted by Crippen LogP contribution is -2.52. The molecule has 3 atom stereocenters. The van der Waals surface area contributed by atoms with E-state index in [9.17, 15) is 14.4 Å². The third-order valence-electron chi connectivity index (χ3n) is 6.01. The summed E-state index contributed by atoms with van der Waals surface area (Å²) in [5.41, 5.74) is 0.935. The standard InChI is InChI=1S/C21H29N5O4/c1-13(27)23-16-8-17-11-25(9-15-4-3-7-22-20(15)30-2)12-18(21(29)26(17)10-16)24-19(28)14-5-6-14/h3-4,7,14,16-18H,5-6,8-12H2,1-2H3,(H,23,27)(H,24,28)/t16-,17-,18-/m0/s1. The highest BCUT2D eigenvalue weighted by atomic mass is 16.5. The molecule has 3 aliphatic rings. The molecule has 3 amide bonds. The molecule has 4 rings (SSSR count). The zero-order valence-electron chi connectivity index (χ0n) is 17.5. The van der Waals surface area contributed by atoms with Crippen LogP contribution in [0.2, 0.25) is 0 Å². The Labute approximate surface area is 176 Å². The maximum Gasteiger partial charge on any atom is 0.246 e. The van der Waals surface area contributed by atoms with Gasteiger partial charge in [-0.15, -0.1) is 0 Å². The predicted octanol–water partition coefficient (Wildman–Crippen LogP) is -0.0938. The molecule has 3 fully saturated rings. The number of amides is 3. The number of carbonyl (C=O) groups excluding carboxylic acids is 3. The quantitative estimate of drug-likeness (QED) is 0.673. The summed E-state index contributed by atoms with van der Waals surface area (Å²) in [5.74, 6) is 0.395.